The van der Waals surface area contributed by atoms with Gasteiger partial charge in [0.05, 0.1) is 0 Å². The molecule has 0 saturated heterocycles. The normalized spacial score (nSPS) is 0. The van der Waals surface area contributed by atoms with Crippen LogP contribution in [0.1, 0.15) is 0 Å². The fourth-order valence-corrected chi connectivity index (χ4v) is 0. The van der Waals surface area contributed by atoms with Crippen LogP contribution in [0.5, 0.6) is 0 Å². The second-order valence-corrected chi connectivity index (χ2v) is 0. The molecule has 0 bridgehead atoms. The summed E-state index contributed by atoms with van der Waals surface area (Å²) >= 11 is 0. The molecule has 0 atom stereocenters. The van der Waals surface area contributed by atoms with Gasteiger partial charge < -0.3 is 16.4 Å². The maximum absolute atomic E-state index is 0. The second-order valence-electron chi connectivity index (χ2n) is 0. The van der Waals surface area contributed by atoms with E-state index in [0.29, 0.717) is 0 Å². The Kier molecular flexibility index (Phi) is 2090. The van der Waals surface area contributed by atoms with Crippen molar-refractivity contribution >= 4 is 0 Å². The van der Waals surface area contributed by atoms with E-state index in [1.54, 1.807) is 0 Å². The van der Waals surface area contributed by atoms with E-state index in [4.69, 9.17) is 0 Å². The molecule has 0 aromatic heterocycles. The molecule has 0 aliphatic rings. The van der Waals surface area contributed by atoms with Crippen molar-refractivity contribution in [2.45, 2.75) is 0 Å². The largest absolute Gasteiger partial charge is 0.412 e. The number of hydrogen-bond acceptors (Lipinski definition) is 0. The van der Waals surface area contributed by atoms with Crippen LogP contribution in [0.4, 0.5) is 0 Å². The first-order valence-electron chi connectivity index (χ1n) is 0. The van der Waals surface area contributed by atoms with Gasteiger partial charge in [-0.25, -0.2) is 0 Å². The summed E-state index contributed by atoms with van der Waals surface area (Å²) in [4.78, 5) is 0. The predicted molar refractivity (Wildman–Crippen MR) is 10.8 cm³/mol. The fourth-order valence-electron chi connectivity index (χ4n) is 0. The van der Waals surface area contributed by atoms with Gasteiger partial charge in [-0.15, -0.1) is 0 Å². The maximum Gasteiger partial charge on any atom is 0 e. The van der Waals surface area contributed by atoms with E-state index >= 15 is 0 Å². The van der Waals surface area contributed by atoms with Crippen LogP contribution in [-0.4, -0.2) is 16.4 Å². The Hall–Kier alpha value is 1.97. The van der Waals surface area contributed by atoms with Crippen LogP contribution < -0.4 is 0 Å². The van der Waals surface area contributed by atoms with E-state index in [9.17, 15) is 0 Å². The smallest absolute Gasteiger partial charge is 0 e. The summed E-state index contributed by atoms with van der Waals surface area (Å²) in [6, 6.07) is 0. The minimum absolute atomic E-state index is 0. The van der Waals surface area contributed by atoms with E-state index in [1.807, 2.05) is 0 Å². The molecule has 7 heteroatoms. The Balaban J connectivity index is 0. The van der Waals surface area contributed by atoms with Gasteiger partial charge in [0.1, 0.15) is 0 Å². The molecule has 3 nitrogen and oxygen atoms in total. The zero-order valence-corrected chi connectivity index (χ0v) is 7.56. The summed E-state index contributed by atoms with van der Waals surface area (Å²) in [6.07, 6.45) is 0. The molecule has 0 amide bonds. The zero-order chi connectivity index (χ0) is 0. The molecular weight excluding hydrogens is 268 g/mol. The standard InChI is InChI=1S/Cr.3Fe.3H2O/h;;;;3*1H2. The predicted octanol–water partition coefficient (Wildman–Crippen LogP) is -2.48. The van der Waals surface area contributed by atoms with Gasteiger partial charge in [0, 0.05) is 68.6 Å². The van der Waals surface area contributed by atoms with Crippen molar-refractivity contribution in [3.05, 3.63) is 0 Å². The first kappa shape index (κ1) is 147. The molecule has 0 heterocycles. The average molecular weight is 274 g/mol. The molecule has 7 heavy (non-hydrogen) atoms. The molecule has 0 aliphatic carbocycles. The molecule has 0 unspecified atom stereocenters. The van der Waals surface area contributed by atoms with Crippen LogP contribution in [-0.2, 0) is 68.6 Å². The van der Waals surface area contributed by atoms with Crippen molar-refractivity contribution in [2.75, 3.05) is 0 Å². The van der Waals surface area contributed by atoms with Gasteiger partial charge in [0.25, 0.3) is 0 Å². The maximum atomic E-state index is 0. The summed E-state index contributed by atoms with van der Waals surface area (Å²) < 4.78 is 0. The molecule has 0 aromatic carbocycles. The molecule has 0 radical (unpaired) electrons. The Morgan fingerprint density at radius 3 is 0.429 bits per heavy atom. The Labute approximate surface area is 84.5 Å². The van der Waals surface area contributed by atoms with Crippen LogP contribution in [0, 0.1) is 0 Å². The van der Waals surface area contributed by atoms with E-state index in [-0.39, 0.29) is 85.0 Å². The van der Waals surface area contributed by atoms with Gasteiger partial charge >= 0.3 is 0 Å². The summed E-state index contributed by atoms with van der Waals surface area (Å²) in [5.41, 5.74) is 0. The van der Waals surface area contributed by atoms with Gasteiger partial charge in [-0.1, -0.05) is 0 Å². The third-order valence-corrected chi connectivity index (χ3v) is 0. The quantitative estimate of drug-likeness (QED) is 0.437. The first-order chi connectivity index (χ1) is 0. The van der Waals surface area contributed by atoms with E-state index in [0.717, 1.165) is 0 Å². The fraction of sp³-hybridized carbons (Fsp3) is 0. The summed E-state index contributed by atoms with van der Waals surface area (Å²) in [5, 5.41) is 0. The van der Waals surface area contributed by atoms with Crippen molar-refractivity contribution < 1.29 is 85.0 Å². The van der Waals surface area contributed by atoms with Crippen LogP contribution in [0.3, 0.4) is 0 Å². The molecule has 54 valence electrons. The van der Waals surface area contributed by atoms with Gasteiger partial charge in [0.15, 0.2) is 0 Å². The number of hydrogen-bond donors (Lipinski definition) is 0. The summed E-state index contributed by atoms with van der Waals surface area (Å²) in [7, 11) is 0. The van der Waals surface area contributed by atoms with Crippen molar-refractivity contribution in [2.24, 2.45) is 0 Å². The molecule has 0 aromatic rings. The summed E-state index contributed by atoms with van der Waals surface area (Å²) in [5.74, 6) is 0. The van der Waals surface area contributed by atoms with Crippen LogP contribution in [0.15, 0.2) is 0 Å². The third kappa shape index (κ3) is 73.2. The van der Waals surface area contributed by atoms with Gasteiger partial charge in [-0.2, -0.15) is 0 Å². The molecule has 0 aliphatic heterocycles. The Morgan fingerprint density at radius 1 is 0.429 bits per heavy atom. The molecule has 0 rings (SSSR count). The van der Waals surface area contributed by atoms with Crippen LogP contribution in [0.2, 0.25) is 0 Å². The van der Waals surface area contributed by atoms with E-state index < -0.39 is 0 Å². The SMILES string of the molecule is O.O.O.[Cr].[Fe].[Fe].[Fe]. The third-order valence-electron chi connectivity index (χ3n) is 0. The molecule has 0 saturated carbocycles. The molecule has 0 spiro atoms. The van der Waals surface area contributed by atoms with E-state index in [2.05, 4.69) is 0 Å². The first-order valence-corrected chi connectivity index (χ1v) is 0. The summed E-state index contributed by atoms with van der Waals surface area (Å²) in [6.45, 7) is 0. The van der Waals surface area contributed by atoms with Gasteiger partial charge in [-0.05, 0) is 0 Å². The van der Waals surface area contributed by atoms with Gasteiger partial charge in [0.2, 0.25) is 0 Å². The van der Waals surface area contributed by atoms with Crippen molar-refractivity contribution in [3.63, 3.8) is 0 Å². The molecule has 0 fully saturated rings. The van der Waals surface area contributed by atoms with Crippen molar-refractivity contribution in [3.8, 4) is 0 Å². The second kappa shape index (κ2) is 99.7. The molecule has 6 N–H and O–H groups in total. The van der Waals surface area contributed by atoms with E-state index in [1.165, 1.54) is 0 Å². The van der Waals surface area contributed by atoms with Crippen LogP contribution in [0.25, 0.3) is 0 Å². The monoisotopic (exact) mass is 274 g/mol. The Bertz CT molecular complexity index is 10.1. The Morgan fingerprint density at radius 2 is 0.429 bits per heavy atom. The average Bonchev–Trinajstić information content (AvgIpc) is 0. The minimum atomic E-state index is 0. The van der Waals surface area contributed by atoms with Crippen LogP contribution >= 0.6 is 0 Å². The van der Waals surface area contributed by atoms with Crippen molar-refractivity contribution in [1.82, 2.24) is 0 Å². The zero-order valence-electron chi connectivity index (χ0n) is 2.97. The molecular formula is H6CrFe3O3. The topological polar surface area (TPSA) is 94.5 Å². The minimum Gasteiger partial charge on any atom is -0.412 e. The number of rotatable bonds is 0. The van der Waals surface area contributed by atoms with Gasteiger partial charge in [-0.3, -0.25) is 0 Å². The van der Waals surface area contributed by atoms with Crippen molar-refractivity contribution in [1.29, 1.82) is 0 Å².